The van der Waals surface area contributed by atoms with Gasteiger partial charge in [-0.25, -0.2) is 8.78 Å². The van der Waals surface area contributed by atoms with Gasteiger partial charge in [0.2, 0.25) is 0 Å². The summed E-state index contributed by atoms with van der Waals surface area (Å²) < 4.78 is 25.9. The normalized spacial score (nSPS) is 10.4. The zero-order valence-electron chi connectivity index (χ0n) is 8.86. The molecule has 0 N–H and O–H groups in total. The Morgan fingerprint density at radius 2 is 1.78 bits per heavy atom. The first-order chi connectivity index (χ1) is 8.49. The molecule has 0 spiro atoms. The van der Waals surface area contributed by atoms with Crippen LogP contribution in [0.2, 0.25) is 5.02 Å². The monoisotopic (exact) mass is 269 g/mol. The van der Waals surface area contributed by atoms with Gasteiger partial charge in [0.15, 0.2) is 11.6 Å². The number of halogens is 3. The van der Waals surface area contributed by atoms with Crippen LogP contribution in [0.15, 0.2) is 36.4 Å². The van der Waals surface area contributed by atoms with Crippen molar-refractivity contribution in [1.82, 2.24) is 0 Å². The van der Waals surface area contributed by atoms with Crippen LogP contribution in [0.25, 0.3) is 11.1 Å². The SMILES string of the molecule is O=[N+]([O-])c1cc(Cl)ccc1-c1ccc(F)c(F)c1. The van der Waals surface area contributed by atoms with Crippen LogP contribution in [0.4, 0.5) is 14.5 Å². The standard InChI is InChI=1S/C12H6ClF2NO2/c13-8-2-3-9(12(6-8)16(17)18)7-1-4-10(14)11(15)5-7/h1-6H. The summed E-state index contributed by atoms with van der Waals surface area (Å²) in [7, 11) is 0. The first kappa shape index (κ1) is 12.4. The molecule has 0 atom stereocenters. The van der Waals surface area contributed by atoms with Gasteiger partial charge in [0.25, 0.3) is 5.69 Å². The fraction of sp³-hybridized carbons (Fsp3) is 0. The van der Waals surface area contributed by atoms with Crippen LogP contribution >= 0.6 is 11.6 Å². The molecule has 0 radical (unpaired) electrons. The van der Waals surface area contributed by atoms with Crippen molar-refractivity contribution < 1.29 is 13.7 Å². The molecular weight excluding hydrogens is 264 g/mol. The van der Waals surface area contributed by atoms with E-state index < -0.39 is 16.6 Å². The second-order valence-corrected chi connectivity index (χ2v) is 3.98. The largest absolute Gasteiger partial charge is 0.278 e. The third-order valence-corrected chi connectivity index (χ3v) is 2.62. The van der Waals surface area contributed by atoms with E-state index in [-0.39, 0.29) is 21.8 Å². The molecule has 0 aliphatic heterocycles. The molecule has 2 aromatic carbocycles. The maximum absolute atomic E-state index is 13.1. The van der Waals surface area contributed by atoms with Crippen molar-refractivity contribution in [1.29, 1.82) is 0 Å². The predicted octanol–water partition coefficient (Wildman–Crippen LogP) is 4.19. The van der Waals surface area contributed by atoms with Gasteiger partial charge in [-0.1, -0.05) is 17.7 Å². The third kappa shape index (κ3) is 2.31. The van der Waals surface area contributed by atoms with E-state index in [0.717, 1.165) is 18.2 Å². The summed E-state index contributed by atoms with van der Waals surface area (Å²) in [6.45, 7) is 0. The van der Waals surface area contributed by atoms with Crippen molar-refractivity contribution in [2.24, 2.45) is 0 Å². The topological polar surface area (TPSA) is 43.1 Å². The minimum atomic E-state index is -1.06. The van der Waals surface area contributed by atoms with Crippen LogP contribution in [0, 0.1) is 21.7 Å². The molecule has 0 saturated heterocycles. The molecule has 0 aromatic heterocycles. The molecule has 0 fully saturated rings. The lowest BCUT2D eigenvalue weighted by Crippen LogP contribution is -1.93. The van der Waals surface area contributed by atoms with Crippen molar-refractivity contribution in [2.45, 2.75) is 0 Å². The summed E-state index contributed by atoms with van der Waals surface area (Å²) in [5, 5.41) is 11.1. The van der Waals surface area contributed by atoms with Gasteiger partial charge in [0.05, 0.1) is 10.5 Å². The number of nitro benzene ring substituents is 1. The Hall–Kier alpha value is -2.01. The van der Waals surface area contributed by atoms with E-state index in [1.54, 1.807) is 0 Å². The Labute approximate surface area is 106 Å². The van der Waals surface area contributed by atoms with Crippen molar-refractivity contribution in [3.05, 3.63) is 63.2 Å². The number of benzene rings is 2. The fourth-order valence-electron chi connectivity index (χ4n) is 1.56. The van der Waals surface area contributed by atoms with Gasteiger partial charge in [-0.05, 0) is 29.8 Å². The van der Waals surface area contributed by atoms with E-state index in [9.17, 15) is 18.9 Å². The molecule has 6 heteroatoms. The molecule has 0 amide bonds. The highest BCUT2D eigenvalue weighted by Crippen LogP contribution is 2.32. The van der Waals surface area contributed by atoms with Crippen LogP contribution in [-0.2, 0) is 0 Å². The number of hydrogen-bond donors (Lipinski definition) is 0. The minimum Gasteiger partial charge on any atom is -0.258 e. The number of nitro groups is 1. The van der Waals surface area contributed by atoms with Crippen molar-refractivity contribution >= 4 is 17.3 Å². The van der Waals surface area contributed by atoms with Gasteiger partial charge in [0, 0.05) is 11.1 Å². The molecule has 2 rings (SSSR count). The van der Waals surface area contributed by atoms with E-state index in [1.165, 1.54) is 18.2 Å². The predicted molar refractivity (Wildman–Crippen MR) is 63.5 cm³/mol. The van der Waals surface area contributed by atoms with Crippen LogP contribution in [-0.4, -0.2) is 4.92 Å². The lowest BCUT2D eigenvalue weighted by molar-refractivity contribution is -0.384. The highest BCUT2D eigenvalue weighted by molar-refractivity contribution is 6.30. The average molecular weight is 270 g/mol. The maximum Gasteiger partial charge on any atom is 0.278 e. The minimum absolute atomic E-state index is 0.184. The Morgan fingerprint density at radius 1 is 1.06 bits per heavy atom. The van der Waals surface area contributed by atoms with Crippen LogP contribution in [0.3, 0.4) is 0 Å². The number of rotatable bonds is 2. The summed E-state index contributed by atoms with van der Waals surface area (Å²) in [5.41, 5.74) is 0.147. The van der Waals surface area contributed by atoms with E-state index in [0.29, 0.717) is 0 Å². The second-order valence-electron chi connectivity index (χ2n) is 3.55. The quantitative estimate of drug-likeness (QED) is 0.606. The third-order valence-electron chi connectivity index (χ3n) is 2.39. The average Bonchev–Trinajstić information content (AvgIpc) is 2.32. The van der Waals surface area contributed by atoms with E-state index in [2.05, 4.69) is 0 Å². The molecule has 3 nitrogen and oxygen atoms in total. The van der Waals surface area contributed by atoms with Crippen molar-refractivity contribution in [3.8, 4) is 11.1 Å². The molecule has 0 unspecified atom stereocenters. The van der Waals surface area contributed by atoms with Crippen LogP contribution in [0.1, 0.15) is 0 Å². The van der Waals surface area contributed by atoms with Crippen molar-refractivity contribution in [3.63, 3.8) is 0 Å². The van der Waals surface area contributed by atoms with Gasteiger partial charge in [-0.2, -0.15) is 0 Å². The first-order valence-electron chi connectivity index (χ1n) is 4.88. The van der Waals surface area contributed by atoms with Gasteiger partial charge in [-0.3, -0.25) is 10.1 Å². The molecule has 0 aliphatic rings. The maximum atomic E-state index is 13.1. The molecule has 0 heterocycles. The smallest absolute Gasteiger partial charge is 0.258 e. The molecular formula is C12H6ClF2NO2. The summed E-state index contributed by atoms with van der Waals surface area (Å²) in [6, 6.07) is 7.11. The Balaban J connectivity index is 2.63. The van der Waals surface area contributed by atoms with Crippen LogP contribution in [0.5, 0.6) is 0 Å². The van der Waals surface area contributed by atoms with Gasteiger partial charge >= 0.3 is 0 Å². The van der Waals surface area contributed by atoms with Gasteiger partial charge in [-0.15, -0.1) is 0 Å². The molecule has 92 valence electrons. The molecule has 0 saturated carbocycles. The Morgan fingerprint density at radius 3 is 2.39 bits per heavy atom. The highest BCUT2D eigenvalue weighted by Gasteiger charge is 2.17. The molecule has 0 aliphatic carbocycles. The van der Waals surface area contributed by atoms with Crippen LogP contribution < -0.4 is 0 Å². The number of hydrogen-bond acceptors (Lipinski definition) is 2. The summed E-state index contributed by atoms with van der Waals surface area (Å²) in [4.78, 5) is 10.3. The van der Waals surface area contributed by atoms with Crippen molar-refractivity contribution in [2.75, 3.05) is 0 Å². The summed E-state index contributed by atoms with van der Waals surface area (Å²) in [6.07, 6.45) is 0. The van der Waals surface area contributed by atoms with Gasteiger partial charge < -0.3 is 0 Å². The lowest BCUT2D eigenvalue weighted by atomic mass is 10.0. The van der Waals surface area contributed by atoms with E-state index >= 15 is 0 Å². The molecule has 0 bridgehead atoms. The summed E-state index contributed by atoms with van der Waals surface area (Å²) in [5.74, 6) is -2.06. The zero-order chi connectivity index (χ0) is 13.3. The van der Waals surface area contributed by atoms with Gasteiger partial charge in [0.1, 0.15) is 0 Å². The Kier molecular flexibility index (Phi) is 3.25. The summed E-state index contributed by atoms with van der Waals surface area (Å²) >= 11 is 5.67. The highest BCUT2D eigenvalue weighted by atomic mass is 35.5. The Bertz CT molecular complexity index is 631. The zero-order valence-corrected chi connectivity index (χ0v) is 9.62. The van der Waals surface area contributed by atoms with E-state index in [4.69, 9.17) is 11.6 Å². The second kappa shape index (κ2) is 4.70. The first-order valence-corrected chi connectivity index (χ1v) is 5.26. The molecule has 2 aromatic rings. The molecule has 18 heavy (non-hydrogen) atoms. The fourth-order valence-corrected chi connectivity index (χ4v) is 1.73. The number of nitrogens with zero attached hydrogens (tertiary/aromatic N) is 1. The lowest BCUT2D eigenvalue weighted by Gasteiger charge is -2.04. The van der Waals surface area contributed by atoms with E-state index in [1.807, 2.05) is 0 Å².